The number of carbonyl (C=O) groups is 1. The molecule has 2 aromatic rings. The molecule has 2 N–H and O–H groups in total. The Morgan fingerprint density at radius 3 is 2.09 bits per heavy atom. The predicted molar refractivity (Wildman–Crippen MR) is 94.8 cm³/mol. The minimum Gasteiger partial charge on any atom is -0.444 e. The zero-order valence-corrected chi connectivity index (χ0v) is 14.1. The van der Waals surface area contributed by atoms with Gasteiger partial charge in [0.15, 0.2) is 0 Å². The highest BCUT2D eigenvalue weighted by molar-refractivity contribution is 5.85. The summed E-state index contributed by atoms with van der Waals surface area (Å²) in [6.45, 7) is 7.63. The van der Waals surface area contributed by atoms with Crippen molar-refractivity contribution in [1.82, 2.24) is 0 Å². The number of carbonyl (C=O) groups excluding carboxylic acids is 1. The summed E-state index contributed by atoms with van der Waals surface area (Å²) < 4.78 is 5.23. The topological polar surface area (TPSA) is 50.4 Å². The molecule has 1 atom stereocenters. The molecule has 0 aliphatic rings. The smallest absolute Gasteiger partial charge is 0.412 e. The fourth-order valence-electron chi connectivity index (χ4n) is 2.15. The lowest BCUT2D eigenvalue weighted by molar-refractivity contribution is 0.0636. The van der Waals surface area contributed by atoms with E-state index in [0.29, 0.717) is 5.69 Å². The van der Waals surface area contributed by atoms with Crippen LogP contribution in [0.25, 0.3) is 0 Å². The van der Waals surface area contributed by atoms with Gasteiger partial charge in [-0.1, -0.05) is 30.3 Å². The monoisotopic (exact) mass is 312 g/mol. The number of hydrogen-bond donors (Lipinski definition) is 2. The first-order valence-electron chi connectivity index (χ1n) is 7.75. The van der Waals surface area contributed by atoms with Crippen molar-refractivity contribution in [3.63, 3.8) is 0 Å². The quantitative estimate of drug-likeness (QED) is 0.815. The van der Waals surface area contributed by atoms with Gasteiger partial charge in [0, 0.05) is 17.4 Å². The lowest BCUT2D eigenvalue weighted by Crippen LogP contribution is -2.27. The zero-order chi connectivity index (χ0) is 16.9. The zero-order valence-electron chi connectivity index (χ0n) is 14.1. The van der Waals surface area contributed by atoms with Gasteiger partial charge in [-0.05, 0) is 57.5 Å². The van der Waals surface area contributed by atoms with Crippen LogP contribution in [0.1, 0.15) is 39.3 Å². The molecule has 0 fully saturated rings. The van der Waals surface area contributed by atoms with E-state index in [1.54, 1.807) is 0 Å². The van der Waals surface area contributed by atoms with Crippen molar-refractivity contribution < 1.29 is 9.53 Å². The van der Waals surface area contributed by atoms with Crippen LogP contribution in [0.3, 0.4) is 0 Å². The van der Waals surface area contributed by atoms with Gasteiger partial charge < -0.3 is 10.1 Å². The highest BCUT2D eigenvalue weighted by atomic mass is 16.6. The van der Waals surface area contributed by atoms with E-state index in [1.165, 1.54) is 5.56 Å². The van der Waals surface area contributed by atoms with Gasteiger partial charge >= 0.3 is 6.09 Å². The third kappa shape index (κ3) is 5.66. The molecule has 0 bridgehead atoms. The van der Waals surface area contributed by atoms with Gasteiger partial charge in [-0.3, -0.25) is 5.32 Å². The Bertz CT molecular complexity index is 631. The van der Waals surface area contributed by atoms with Crippen LogP contribution in [-0.4, -0.2) is 11.7 Å². The SMILES string of the molecule is CC(Nc1ccc(NC(=O)OC(C)(C)C)cc1)c1ccccc1. The predicted octanol–water partition coefficient (Wildman–Crippen LogP) is 5.21. The van der Waals surface area contributed by atoms with E-state index in [0.717, 1.165) is 5.69 Å². The van der Waals surface area contributed by atoms with E-state index in [1.807, 2.05) is 63.2 Å². The average molecular weight is 312 g/mol. The van der Waals surface area contributed by atoms with Crippen molar-refractivity contribution in [1.29, 1.82) is 0 Å². The first kappa shape index (κ1) is 16.9. The highest BCUT2D eigenvalue weighted by Crippen LogP contribution is 2.21. The molecule has 122 valence electrons. The number of anilines is 2. The Kier molecular flexibility index (Phi) is 5.27. The van der Waals surface area contributed by atoms with E-state index >= 15 is 0 Å². The molecule has 23 heavy (non-hydrogen) atoms. The fraction of sp³-hybridized carbons (Fsp3) is 0.316. The molecule has 1 amide bonds. The van der Waals surface area contributed by atoms with Crippen molar-refractivity contribution in [3.05, 3.63) is 60.2 Å². The Morgan fingerprint density at radius 2 is 1.52 bits per heavy atom. The van der Waals surface area contributed by atoms with Crippen LogP contribution < -0.4 is 10.6 Å². The standard InChI is InChI=1S/C19H24N2O2/c1-14(15-8-6-5-7-9-15)20-16-10-12-17(13-11-16)21-18(22)23-19(2,3)4/h5-14,20H,1-4H3,(H,21,22). The number of rotatable bonds is 4. The molecule has 0 aliphatic carbocycles. The molecule has 2 rings (SSSR count). The van der Waals surface area contributed by atoms with E-state index in [2.05, 4.69) is 29.7 Å². The molecule has 0 saturated carbocycles. The van der Waals surface area contributed by atoms with E-state index in [4.69, 9.17) is 4.74 Å². The average Bonchev–Trinajstić information content (AvgIpc) is 2.48. The number of benzene rings is 2. The third-order valence-corrected chi connectivity index (χ3v) is 3.21. The van der Waals surface area contributed by atoms with Crippen LogP contribution in [0.5, 0.6) is 0 Å². The van der Waals surface area contributed by atoms with Crippen LogP contribution >= 0.6 is 0 Å². The van der Waals surface area contributed by atoms with Crippen LogP contribution in [0.4, 0.5) is 16.2 Å². The fourth-order valence-corrected chi connectivity index (χ4v) is 2.15. The lowest BCUT2D eigenvalue weighted by Gasteiger charge is -2.20. The molecule has 0 radical (unpaired) electrons. The van der Waals surface area contributed by atoms with Gasteiger partial charge in [0.05, 0.1) is 0 Å². The van der Waals surface area contributed by atoms with Gasteiger partial charge in [0.2, 0.25) is 0 Å². The lowest BCUT2D eigenvalue weighted by atomic mass is 10.1. The number of ether oxygens (including phenoxy) is 1. The molecule has 4 heteroatoms. The summed E-state index contributed by atoms with van der Waals surface area (Å²) in [5, 5.41) is 6.15. The second kappa shape index (κ2) is 7.18. The first-order chi connectivity index (χ1) is 10.8. The van der Waals surface area contributed by atoms with Gasteiger partial charge in [-0.2, -0.15) is 0 Å². The Labute approximate surface area is 137 Å². The second-order valence-electron chi connectivity index (χ2n) is 6.48. The van der Waals surface area contributed by atoms with Gasteiger partial charge in [0.25, 0.3) is 0 Å². The van der Waals surface area contributed by atoms with Crippen molar-refractivity contribution in [3.8, 4) is 0 Å². The summed E-state index contributed by atoms with van der Waals surface area (Å²) in [5.74, 6) is 0. The van der Waals surface area contributed by atoms with Crippen molar-refractivity contribution in [2.45, 2.75) is 39.3 Å². The molecular formula is C19H24N2O2. The Balaban J connectivity index is 1.93. The van der Waals surface area contributed by atoms with Gasteiger partial charge in [-0.25, -0.2) is 4.79 Å². The van der Waals surface area contributed by atoms with Gasteiger partial charge in [-0.15, -0.1) is 0 Å². The van der Waals surface area contributed by atoms with Crippen molar-refractivity contribution in [2.75, 3.05) is 10.6 Å². The number of hydrogen-bond acceptors (Lipinski definition) is 3. The summed E-state index contributed by atoms with van der Waals surface area (Å²) in [6, 6.07) is 18.0. The molecule has 0 saturated heterocycles. The summed E-state index contributed by atoms with van der Waals surface area (Å²) >= 11 is 0. The van der Waals surface area contributed by atoms with Crippen molar-refractivity contribution in [2.24, 2.45) is 0 Å². The highest BCUT2D eigenvalue weighted by Gasteiger charge is 2.16. The van der Waals surface area contributed by atoms with Gasteiger partial charge in [0.1, 0.15) is 5.60 Å². The molecule has 4 nitrogen and oxygen atoms in total. The molecule has 0 aliphatic heterocycles. The van der Waals surface area contributed by atoms with Crippen molar-refractivity contribution >= 4 is 17.5 Å². The number of amides is 1. The molecule has 2 aromatic carbocycles. The molecule has 0 heterocycles. The maximum atomic E-state index is 11.7. The summed E-state index contributed by atoms with van der Waals surface area (Å²) in [5.41, 5.74) is 2.42. The number of nitrogens with one attached hydrogen (secondary N) is 2. The maximum Gasteiger partial charge on any atom is 0.412 e. The second-order valence-corrected chi connectivity index (χ2v) is 6.48. The summed E-state index contributed by atoms with van der Waals surface area (Å²) in [6.07, 6.45) is -0.448. The third-order valence-electron chi connectivity index (χ3n) is 3.21. The molecule has 0 aromatic heterocycles. The maximum absolute atomic E-state index is 11.7. The Hall–Kier alpha value is -2.49. The minimum absolute atomic E-state index is 0.209. The minimum atomic E-state index is -0.503. The Morgan fingerprint density at radius 1 is 0.957 bits per heavy atom. The van der Waals surface area contributed by atoms with Crippen LogP contribution in [0, 0.1) is 0 Å². The van der Waals surface area contributed by atoms with Crippen LogP contribution in [-0.2, 0) is 4.74 Å². The van der Waals surface area contributed by atoms with Crippen LogP contribution in [0.2, 0.25) is 0 Å². The summed E-state index contributed by atoms with van der Waals surface area (Å²) in [4.78, 5) is 11.7. The van der Waals surface area contributed by atoms with Crippen LogP contribution in [0.15, 0.2) is 54.6 Å². The van der Waals surface area contributed by atoms with E-state index in [9.17, 15) is 4.79 Å². The normalized spacial score (nSPS) is 12.3. The molecular weight excluding hydrogens is 288 g/mol. The first-order valence-corrected chi connectivity index (χ1v) is 7.75. The molecule has 1 unspecified atom stereocenters. The van der Waals surface area contributed by atoms with E-state index in [-0.39, 0.29) is 6.04 Å². The summed E-state index contributed by atoms with van der Waals surface area (Å²) in [7, 11) is 0. The largest absolute Gasteiger partial charge is 0.444 e. The molecule has 0 spiro atoms. The van der Waals surface area contributed by atoms with E-state index < -0.39 is 11.7 Å².